The van der Waals surface area contributed by atoms with Crippen LogP contribution in [-0.4, -0.2) is 47.5 Å². The van der Waals surface area contributed by atoms with Gasteiger partial charge in [-0.15, -0.1) is 0 Å². The number of thiocarbonyl (C=S) groups is 1. The molecule has 1 unspecified atom stereocenters. The van der Waals surface area contributed by atoms with Crippen LogP contribution in [0.2, 0.25) is 0 Å². The van der Waals surface area contributed by atoms with Crippen LogP contribution in [0.4, 0.5) is 0 Å². The number of rotatable bonds is 4. The smallest absolute Gasteiger partial charge is 0.171 e. The summed E-state index contributed by atoms with van der Waals surface area (Å²) in [5, 5.41) is 4.08. The quantitative estimate of drug-likeness (QED) is 0.841. The molecule has 0 amide bonds. The molecule has 0 bridgehead atoms. The van der Waals surface area contributed by atoms with Crippen LogP contribution in [0.1, 0.15) is 18.6 Å². The highest BCUT2D eigenvalue weighted by Crippen LogP contribution is 2.15. The van der Waals surface area contributed by atoms with Crippen LogP contribution < -0.4 is 5.32 Å². The molecule has 1 aromatic heterocycles. The standard InChI is InChI=1S/C13H19N3O2S/c19-13-14-9-15(7-11-3-1-5-17-11)10-16(13)8-12-4-2-6-18-12/h1,3,5,12H,2,4,6-10H2,(H,14,19). The van der Waals surface area contributed by atoms with Crippen molar-refractivity contribution in [2.75, 3.05) is 26.5 Å². The predicted molar refractivity (Wildman–Crippen MR) is 75.4 cm³/mol. The molecule has 2 aliphatic heterocycles. The highest BCUT2D eigenvalue weighted by atomic mass is 32.1. The third kappa shape index (κ3) is 3.26. The molecule has 1 aromatic rings. The van der Waals surface area contributed by atoms with E-state index < -0.39 is 0 Å². The first-order chi connectivity index (χ1) is 9.31. The fourth-order valence-electron chi connectivity index (χ4n) is 2.55. The molecule has 19 heavy (non-hydrogen) atoms. The van der Waals surface area contributed by atoms with Gasteiger partial charge in [0, 0.05) is 13.2 Å². The van der Waals surface area contributed by atoms with Gasteiger partial charge >= 0.3 is 0 Å². The van der Waals surface area contributed by atoms with Crippen molar-refractivity contribution in [3.63, 3.8) is 0 Å². The zero-order valence-corrected chi connectivity index (χ0v) is 11.7. The lowest BCUT2D eigenvalue weighted by molar-refractivity contribution is 0.0621. The van der Waals surface area contributed by atoms with Gasteiger partial charge in [0.1, 0.15) is 5.76 Å². The van der Waals surface area contributed by atoms with Gasteiger partial charge in [0.05, 0.1) is 32.2 Å². The first-order valence-corrected chi connectivity index (χ1v) is 7.11. The Morgan fingerprint density at radius 1 is 1.47 bits per heavy atom. The molecule has 2 fully saturated rings. The summed E-state index contributed by atoms with van der Waals surface area (Å²) < 4.78 is 11.1. The number of hydrogen-bond acceptors (Lipinski definition) is 4. The molecule has 104 valence electrons. The maximum absolute atomic E-state index is 5.68. The van der Waals surface area contributed by atoms with Gasteiger partial charge in [-0.3, -0.25) is 4.90 Å². The molecule has 0 saturated carbocycles. The van der Waals surface area contributed by atoms with Crippen LogP contribution in [0.25, 0.3) is 0 Å². The molecule has 1 atom stereocenters. The van der Waals surface area contributed by atoms with E-state index in [1.807, 2.05) is 12.1 Å². The Labute approximate surface area is 118 Å². The van der Waals surface area contributed by atoms with E-state index in [1.54, 1.807) is 6.26 Å². The predicted octanol–water partition coefficient (Wildman–Crippen LogP) is 1.37. The summed E-state index contributed by atoms with van der Waals surface area (Å²) in [6, 6.07) is 3.92. The van der Waals surface area contributed by atoms with Crippen LogP contribution >= 0.6 is 12.2 Å². The average Bonchev–Trinajstić information content (AvgIpc) is 3.07. The van der Waals surface area contributed by atoms with Crippen LogP contribution in [0.3, 0.4) is 0 Å². The van der Waals surface area contributed by atoms with E-state index in [9.17, 15) is 0 Å². The Kier molecular flexibility index (Phi) is 4.00. The van der Waals surface area contributed by atoms with Gasteiger partial charge in [-0.05, 0) is 37.2 Å². The summed E-state index contributed by atoms with van der Waals surface area (Å²) in [7, 11) is 0. The third-order valence-corrected chi connectivity index (χ3v) is 3.92. The second-order valence-corrected chi connectivity index (χ2v) is 5.43. The largest absolute Gasteiger partial charge is 0.468 e. The highest BCUT2D eigenvalue weighted by Gasteiger charge is 2.25. The number of nitrogens with zero attached hydrogens (tertiary/aromatic N) is 2. The van der Waals surface area contributed by atoms with Crippen molar-refractivity contribution < 1.29 is 9.15 Å². The molecule has 0 radical (unpaired) electrons. The fraction of sp³-hybridized carbons (Fsp3) is 0.615. The second-order valence-electron chi connectivity index (χ2n) is 5.05. The molecular weight excluding hydrogens is 262 g/mol. The molecule has 2 aliphatic rings. The lowest BCUT2D eigenvalue weighted by Crippen LogP contribution is -2.57. The van der Waals surface area contributed by atoms with Crippen molar-refractivity contribution in [1.29, 1.82) is 0 Å². The van der Waals surface area contributed by atoms with Gasteiger partial charge in [0.25, 0.3) is 0 Å². The van der Waals surface area contributed by atoms with Gasteiger partial charge in [-0.1, -0.05) is 0 Å². The van der Waals surface area contributed by atoms with Crippen LogP contribution in [0, 0.1) is 0 Å². The molecule has 6 heteroatoms. The van der Waals surface area contributed by atoms with Crippen molar-refractivity contribution in [2.24, 2.45) is 0 Å². The Balaban J connectivity index is 1.55. The lowest BCUT2D eigenvalue weighted by atomic mass is 10.2. The van der Waals surface area contributed by atoms with E-state index in [1.165, 1.54) is 0 Å². The molecule has 0 aromatic carbocycles. The Bertz CT molecular complexity index is 418. The second kappa shape index (κ2) is 5.90. The van der Waals surface area contributed by atoms with E-state index in [2.05, 4.69) is 15.1 Å². The molecule has 5 nitrogen and oxygen atoms in total. The molecular formula is C13H19N3O2S. The monoisotopic (exact) mass is 281 g/mol. The third-order valence-electron chi connectivity index (χ3n) is 3.52. The van der Waals surface area contributed by atoms with Crippen molar-refractivity contribution in [3.8, 4) is 0 Å². The maximum Gasteiger partial charge on any atom is 0.171 e. The van der Waals surface area contributed by atoms with Crippen molar-refractivity contribution in [3.05, 3.63) is 24.2 Å². The van der Waals surface area contributed by atoms with Crippen LogP contribution in [-0.2, 0) is 11.3 Å². The number of hydrogen-bond donors (Lipinski definition) is 1. The molecule has 1 N–H and O–H groups in total. The van der Waals surface area contributed by atoms with E-state index in [-0.39, 0.29) is 0 Å². The van der Waals surface area contributed by atoms with Gasteiger partial charge in [-0.2, -0.15) is 0 Å². The van der Waals surface area contributed by atoms with Crippen molar-refractivity contribution >= 4 is 17.3 Å². The molecule has 0 spiro atoms. The van der Waals surface area contributed by atoms with Crippen LogP contribution in [0.15, 0.2) is 22.8 Å². The number of nitrogens with one attached hydrogen (secondary N) is 1. The first-order valence-electron chi connectivity index (χ1n) is 6.70. The summed E-state index contributed by atoms with van der Waals surface area (Å²) in [5.74, 6) is 0.978. The SMILES string of the molecule is S=C1NCN(Cc2ccco2)CN1CC1CCCO1. The first kappa shape index (κ1) is 12.9. The van der Waals surface area contributed by atoms with E-state index >= 15 is 0 Å². The molecule has 2 saturated heterocycles. The minimum absolute atomic E-state index is 0.323. The summed E-state index contributed by atoms with van der Waals surface area (Å²) in [6.45, 7) is 4.15. The van der Waals surface area contributed by atoms with Gasteiger partial charge in [0.2, 0.25) is 0 Å². The summed E-state index contributed by atoms with van der Waals surface area (Å²) in [6.07, 6.45) is 4.33. The maximum atomic E-state index is 5.68. The summed E-state index contributed by atoms with van der Waals surface area (Å²) >= 11 is 5.37. The Hall–Kier alpha value is -1.11. The van der Waals surface area contributed by atoms with Crippen molar-refractivity contribution in [1.82, 2.24) is 15.1 Å². The zero-order valence-electron chi connectivity index (χ0n) is 10.9. The van der Waals surface area contributed by atoms with Gasteiger partial charge in [0.15, 0.2) is 5.11 Å². The Morgan fingerprint density at radius 3 is 3.16 bits per heavy atom. The molecule has 3 rings (SSSR count). The Morgan fingerprint density at radius 2 is 2.42 bits per heavy atom. The lowest BCUT2D eigenvalue weighted by Gasteiger charge is -2.38. The van der Waals surface area contributed by atoms with E-state index in [0.717, 1.165) is 56.7 Å². The summed E-state index contributed by atoms with van der Waals surface area (Å²) in [5.41, 5.74) is 0. The highest BCUT2D eigenvalue weighted by molar-refractivity contribution is 7.80. The minimum Gasteiger partial charge on any atom is -0.468 e. The van der Waals surface area contributed by atoms with Gasteiger partial charge in [-0.25, -0.2) is 0 Å². The van der Waals surface area contributed by atoms with Crippen molar-refractivity contribution in [2.45, 2.75) is 25.5 Å². The zero-order chi connectivity index (χ0) is 13.1. The van der Waals surface area contributed by atoms with Gasteiger partial charge < -0.3 is 19.4 Å². The summed E-state index contributed by atoms with van der Waals surface area (Å²) in [4.78, 5) is 4.45. The topological polar surface area (TPSA) is 40.9 Å². The minimum atomic E-state index is 0.323. The normalized spacial score (nSPS) is 24.7. The van der Waals surface area contributed by atoms with Crippen LogP contribution in [0.5, 0.6) is 0 Å². The molecule has 3 heterocycles. The van der Waals surface area contributed by atoms with E-state index in [0.29, 0.717) is 6.10 Å². The number of furan rings is 1. The number of ether oxygens (including phenoxy) is 1. The fourth-order valence-corrected chi connectivity index (χ4v) is 2.75. The average molecular weight is 281 g/mol. The molecule has 0 aliphatic carbocycles. The van der Waals surface area contributed by atoms with E-state index in [4.69, 9.17) is 21.4 Å².